The second kappa shape index (κ2) is 11.7. The molecule has 5 unspecified atom stereocenters. The van der Waals surface area contributed by atoms with Crippen LogP contribution in [0.2, 0.25) is 0 Å². The van der Waals surface area contributed by atoms with Gasteiger partial charge >= 0.3 is 0 Å². The minimum Gasteiger partial charge on any atom is -0.359 e. The van der Waals surface area contributed by atoms with E-state index in [2.05, 4.69) is 43.6 Å². The highest BCUT2D eigenvalue weighted by Crippen LogP contribution is 2.55. The van der Waals surface area contributed by atoms with Gasteiger partial charge in [-0.3, -0.25) is 14.4 Å². The summed E-state index contributed by atoms with van der Waals surface area (Å²) in [7, 11) is 2.01. The lowest BCUT2D eigenvalue weighted by Crippen LogP contribution is -2.57. The van der Waals surface area contributed by atoms with Crippen LogP contribution in [0, 0.1) is 11.8 Å². The molecule has 1 aliphatic carbocycles. The van der Waals surface area contributed by atoms with Gasteiger partial charge in [-0.05, 0) is 49.7 Å². The molecule has 0 aromatic heterocycles. The first-order valence-electron chi connectivity index (χ1n) is 14.6. The molecule has 5 atom stereocenters. The molecular weight excluding hydrogens is 584 g/mol. The fourth-order valence-electron chi connectivity index (χ4n) is 7.05. The second-order valence-corrected chi connectivity index (χ2v) is 12.7. The maximum absolute atomic E-state index is 14.2. The zero-order valence-corrected chi connectivity index (χ0v) is 24.9. The number of hydrogen-bond donors (Lipinski definition) is 2. The van der Waals surface area contributed by atoms with Crippen LogP contribution in [0.4, 0.5) is 5.69 Å². The van der Waals surface area contributed by atoms with Gasteiger partial charge in [-0.25, -0.2) is 0 Å². The van der Waals surface area contributed by atoms with E-state index in [1.54, 1.807) is 4.90 Å². The molecule has 216 valence electrons. The summed E-state index contributed by atoms with van der Waals surface area (Å²) in [6.07, 6.45) is 8.44. The maximum Gasteiger partial charge on any atom is 0.246 e. The lowest BCUT2D eigenvalue weighted by atomic mass is 9.74. The van der Waals surface area contributed by atoms with E-state index in [1.165, 1.54) is 12.0 Å². The van der Waals surface area contributed by atoms with E-state index in [0.29, 0.717) is 18.8 Å². The van der Waals surface area contributed by atoms with Gasteiger partial charge in [-0.1, -0.05) is 77.7 Å². The molecule has 8 nitrogen and oxygen atoms in total. The van der Waals surface area contributed by atoms with E-state index in [9.17, 15) is 14.4 Å². The summed E-state index contributed by atoms with van der Waals surface area (Å²) in [4.78, 5) is 45.6. The number of likely N-dealkylation sites (tertiary alicyclic amines) is 1. The molecule has 1 spiro atoms. The third-order valence-electron chi connectivity index (χ3n) is 9.01. The molecule has 3 heterocycles. The Balaban J connectivity index is 1.24. The van der Waals surface area contributed by atoms with Gasteiger partial charge in [0.15, 0.2) is 0 Å². The molecule has 2 saturated heterocycles. The van der Waals surface area contributed by atoms with Crippen molar-refractivity contribution < 1.29 is 19.1 Å². The van der Waals surface area contributed by atoms with Crippen molar-refractivity contribution in [2.24, 2.45) is 11.8 Å². The largest absolute Gasteiger partial charge is 0.359 e. The maximum atomic E-state index is 14.2. The smallest absolute Gasteiger partial charge is 0.246 e. The second-order valence-electron chi connectivity index (χ2n) is 11.8. The number of anilines is 1. The molecule has 2 aromatic carbocycles. The molecular formula is C32H37BrN4O4. The van der Waals surface area contributed by atoms with Crippen LogP contribution >= 0.6 is 15.9 Å². The summed E-state index contributed by atoms with van der Waals surface area (Å²) in [5, 5.41) is 6.23. The van der Waals surface area contributed by atoms with E-state index in [1.807, 2.05) is 61.7 Å². The predicted molar refractivity (Wildman–Crippen MR) is 160 cm³/mol. The molecule has 1 saturated carbocycles. The fraction of sp³-hybridized carbons (Fsp3) is 0.469. The van der Waals surface area contributed by atoms with Gasteiger partial charge in [0.05, 0.1) is 17.9 Å². The number of likely N-dealkylation sites (N-methyl/N-ethyl adjacent to an activating group) is 1. The van der Waals surface area contributed by atoms with Crippen LogP contribution in [-0.4, -0.2) is 71.4 Å². The van der Waals surface area contributed by atoms with E-state index >= 15 is 0 Å². The third kappa shape index (κ3) is 5.47. The molecule has 41 heavy (non-hydrogen) atoms. The lowest BCUT2D eigenvalue weighted by molar-refractivity contribution is -0.141. The summed E-state index contributed by atoms with van der Waals surface area (Å²) in [6, 6.07) is 16.8. The lowest BCUT2D eigenvalue weighted by Gasteiger charge is -2.34. The van der Waals surface area contributed by atoms with Gasteiger partial charge in [0.25, 0.3) is 0 Å². The topological polar surface area (TPSA) is 91.0 Å². The fourth-order valence-corrected chi connectivity index (χ4v) is 7.31. The number of carbonyl (C=O) groups excluding carboxylic acids is 3. The third-order valence-corrected chi connectivity index (χ3v) is 9.53. The number of benzene rings is 2. The van der Waals surface area contributed by atoms with Crippen LogP contribution in [0.15, 0.2) is 71.2 Å². The van der Waals surface area contributed by atoms with Crippen molar-refractivity contribution in [2.75, 3.05) is 25.5 Å². The highest BCUT2D eigenvalue weighted by Gasteiger charge is 2.72. The van der Waals surface area contributed by atoms with E-state index in [-0.39, 0.29) is 23.8 Å². The Bertz CT molecular complexity index is 1310. The predicted octanol–water partition coefficient (Wildman–Crippen LogP) is 4.12. The molecule has 2 aromatic rings. The number of carbonyl (C=O) groups is 3. The molecule has 2 N–H and O–H groups in total. The highest BCUT2D eigenvalue weighted by atomic mass is 79.9. The number of ether oxygens (including phenoxy) is 1. The van der Waals surface area contributed by atoms with Gasteiger partial charge in [0.2, 0.25) is 17.7 Å². The quantitative estimate of drug-likeness (QED) is 0.412. The van der Waals surface area contributed by atoms with Gasteiger partial charge in [-0.2, -0.15) is 0 Å². The number of nitrogens with one attached hydrogen (secondary N) is 2. The van der Waals surface area contributed by atoms with Crippen molar-refractivity contribution in [3.63, 3.8) is 0 Å². The molecule has 4 aliphatic rings. The van der Waals surface area contributed by atoms with Crippen LogP contribution in [-0.2, 0) is 25.7 Å². The zero-order chi connectivity index (χ0) is 28.6. The average Bonchev–Trinajstić information content (AvgIpc) is 3.61. The van der Waals surface area contributed by atoms with E-state index < -0.39 is 29.6 Å². The van der Waals surface area contributed by atoms with Crippen molar-refractivity contribution in [1.82, 2.24) is 15.1 Å². The van der Waals surface area contributed by atoms with Crippen molar-refractivity contribution in [2.45, 2.75) is 62.4 Å². The first kappa shape index (κ1) is 28.1. The Hall–Kier alpha value is -3.01. The number of halogens is 1. The van der Waals surface area contributed by atoms with Crippen LogP contribution in [0.25, 0.3) is 0 Å². The zero-order valence-electron chi connectivity index (χ0n) is 23.3. The van der Waals surface area contributed by atoms with Gasteiger partial charge in [-0.15, -0.1) is 0 Å². The van der Waals surface area contributed by atoms with E-state index in [0.717, 1.165) is 36.7 Å². The Morgan fingerprint density at radius 3 is 2.51 bits per heavy atom. The van der Waals surface area contributed by atoms with Crippen LogP contribution < -0.4 is 10.6 Å². The SMILES string of the molecule is CN(CCN1C(=O)C2C(C(=O)Nc3ccc(Br)cc3)C3C=CC2(O3)C1C(=O)NC1CCCCC1)Cc1ccccc1. The molecule has 2 bridgehead atoms. The molecule has 9 heteroatoms. The Kier molecular flexibility index (Phi) is 8.03. The minimum atomic E-state index is -1.15. The first-order valence-corrected chi connectivity index (χ1v) is 15.4. The number of fused-ring (bicyclic) bond motifs is 1. The summed E-state index contributed by atoms with van der Waals surface area (Å²) in [5.74, 6) is -2.11. The summed E-state index contributed by atoms with van der Waals surface area (Å²) in [6.45, 7) is 1.68. The van der Waals surface area contributed by atoms with Crippen LogP contribution in [0.3, 0.4) is 0 Å². The Morgan fingerprint density at radius 2 is 1.78 bits per heavy atom. The minimum absolute atomic E-state index is 0.100. The molecule has 0 radical (unpaired) electrons. The van der Waals surface area contributed by atoms with Crippen molar-refractivity contribution in [3.05, 3.63) is 76.8 Å². The molecule has 3 aliphatic heterocycles. The highest BCUT2D eigenvalue weighted by molar-refractivity contribution is 9.10. The van der Waals surface area contributed by atoms with E-state index in [4.69, 9.17) is 4.74 Å². The Morgan fingerprint density at radius 1 is 1.05 bits per heavy atom. The van der Waals surface area contributed by atoms with Gasteiger partial charge < -0.3 is 25.2 Å². The van der Waals surface area contributed by atoms with Gasteiger partial charge in [0, 0.05) is 35.8 Å². The Labute approximate surface area is 249 Å². The number of amides is 3. The van der Waals surface area contributed by atoms with Crippen molar-refractivity contribution >= 4 is 39.3 Å². The standard InChI is InChI=1S/C32H37BrN4O4/c1-36(20-21-8-4-2-5-9-21)18-19-37-28(30(39)35-23-10-6-3-7-11-23)32-17-16-25(41-32)26(27(32)31(37)40)29(38)34-24-14-12-22(33)13-15-24/h2,4-5,8-9,12-17,23,25-28H,3,6-7,10-11,18-20H2,1H3,(H,34,38)(H,35,39). The van der Waals surface area contributed by atoms with Gasteiger partial charge in [0.1, 0.15) is 11.6 Å². The summed E-state index contributed by atoms with van der Waals surface area (Å²) in [5.41, 5.74) is 0.676. The molecule has 3 amide bonds. The van der Waals surface area contributed by atoms with Crippen molar-refractivity contribution in [3.8, 4) is 0 Å². The first-order chi connectivity index (χ1) is 19.9. The number of hydrogen-bond acceptors (Lipinski definition) is 5. The number of nitrogens with zero attached hydrogens (tertiary/aromatic N) is 2. The molecule has 6 rings (SSSR count). The number of rotatable bonds is 9. The summed E-state index contributed by atoms with van der Waals surface area (Å²) >= 11 is 3.42. The van der Waals surface area contributed by atoms with Crippen molar-refractivity contribution in [1.29, 1.82) is 0 Å². The average molecular weight is 622 g/mol. The summed E-state index contributed by atoms with van der Waals surface area (Å²) < 4.78 is 7.39. The normalized spacial score (nSPS) is 28.8. The monoisotopic (exact) mass is 620 g/mol. The van der Waals surface area contributed by atoms with Crippen LogP contribution in [0.5, 0.6) is 0 Å². The molecule has 3 fully saturated rings. The van der Waals surface area contributed by atoms with Crippen LogP contribution in [0.1, 0.15) is 37.7 Å².